The second-order valence-corrected chi connectivity index (χ2v) is 19.7. The van der Waals surface area contributed by atoms with Crippen molar-refractivity contribution in [2.24, 2.45) is 23.7 Å². The highest BCUT2D eigenvalue weighted by atomic mass is 15.1. The quantitative estimate of drug-likeness (QED) is 0.148. The molecule has 0 aliphatic heterocycles. The van der Waals surface area contributed by atoms with Crippen molar-refractivity contribution in [3.63, 3.8) is 0 Å². The fourth-order valence-electron chi connectivity index (χ4n) is 12.9. The van der Waals surface area contributed by atoms with Crippen molar-refractivity contribution in [2.75, 3.05) is 4.90 Å². The van der Waals surface area contributed by atoms with Gasteiger partial charge < -0.3 is 9.47 Å². The highest BCUT2D eigenvalue weighted by Crippen LogP contribution is 2.65. The summed E-state index contributed by atoms with van der Waals surface area (Å²) in [6, 6.07) is 78.9. The molecule has 0 N–H and O–H groups in total. The van der Waals surface area contributed by atoms with E-state index in [1.54, 1.807) is 5.56 Å². The first-order valence-corrected chi connectivity index (χ1v) is 23.8. The van der Waals surface area contributed by atoms with E-state index in [-0.39, 0.29) is 0 Å². The number of rotatable bonds is 8. The maximum Gasteiger partial charge on any atom is 0.0547 e. The van der Waals surface area contributed by atoms with E-state index in [9.17, 15) is 0 Å². The Labute approximate surface area is 382 Å². The van der Waals surface area contributed by atoms with Crippen LogP contribution in [0.5, 0.6) is 0 Å². The first-order chi connectivity index (χ1) is 32.0. The lowest BCUT2D eigenvalue weighted by Gasteiger charge is -2.42. The van der Waals surface area contributed by atoms with Crippen molar-refractivity contribution in [1.82, 2.24) is 4.57 Å². The van der Waals surface area contributed by atoms with Gasteiger partial charge in [-0.05, 0) is 178 Å². The molecule has 0 saturated heterocycles. The van der Waals surface area contributed by atoms with Gasteiger partial charge in [-0.15, -0.1) is 0 Å². The van der Waals surface area contributed by atoms with Crippen LogP contribution in [-0.4, -0.2) is 4.57 Å². The molecule has 1 heterocycles. The summed E-state index contributed by atoms with van der Waals surface area (Å²) < 4.78 is 2.43. The van der Waals surface area contributed by atoms with Gasteiger partial charge in [0.05, 0.1) is 11.0 Å². The van der Waals surface area contributed by atoms with Gasteiger partial charge in [0, 0.05) is 33.5 Å². The minimum Gasteiger partial charge on any atom is -0.310 e. The number of hydrogen-bond donors (Lipinski definition) is 0. The van der Waals surface area contributed by atoms with Crippen LogP contribution < -0.4 is 4.90 Å². The van der Waals surface area contributed by atoms with Gasteiger partial charge in [-0.2, -0.15) is 0 Å². The Hall–Kier alpha value is -7.16. The summed E-state index contributed by atoms with van der Waals surface area (Å²) in [4.78, 5) is 2.40. The van der Waals surface area contributed by atoms with Gasteiger partial charge in [0.1, 0.15) is 0 Å². The van der Waals surface area contributed by atoms with Crippen molar-refractivity contribution in [3.05, 3.63) is 218 Å². The molecule has 0 spiro atoms. The minimum atomic E-state index is 0.387. The Morgan fingerprint density at radius 1 is 0.415 bits per heavy atom. The summed E-state index contributed by atoms with van der Waals surface area (Å²) in [5.41, 5.74) is 16.3. The topological polar surface area (TPSA) is 8.17 Å². The van der Waals surface area contributed by atoms with Crippen LogP contribution in [0.15, 0.2) is 212 Å². The van der Waals surface area contributed by atoms with Crippen molar-refractivity contribution in [2.45, 2.75) is 44.4 Å². The molecule has 65 heavy (non-hydrogen) atoms. The van der Waals surface area contributed by atoms with Crippen molar-refractivity contribution < 1.29 is 0 Å². The summed E-state index contributed by atoms with van der Waals surface area (Å²) in [6.45, 7) is 2.51. The third kappa shape index (κ3) is 6.53. The molecule has 3 fully saturated rings. The van der Waals surface area contributed by atoms with Gasteiger partial charge in [0.2, 0.25) is 0 Å². The largest absolute Gasteiger partial charge is 0.310 e. The molecule has 2 nitrogen and oxygen atoms in total. The van der Waals surface area contributed by atoms with E-state index in [0.29, 0.717) is 5.41 Å². The molecule has 2 heteroatoms. The van der Waals surface area contributed by atoms with Crippen LogP contribution in [-0.2, 0) is 5.41 Å². The third-order valence-corrected chi connectivity index (χ3v) is 15.8. The zero-order valence-corrected chi connectivity index (χ0v) is 36.9. The summed E-state index contributed by atoms with van der Waals surface area (Å²) in [7, 11) is 0. The number of fused-ring (bicyclic) bond motifs is 5. The zero-order chi connectivity index (χ0) is 43.1. The molecule has 3 aliphatic rings. The van der Waals surface area contributed by atoms with E-state index in [0.717, 1.165) is 46.4 Å². The van der Waals surface area contributed by atoms with E-state index >= 15 is 0 Å². The van der Waals surface area contributed by atoms with E-state index in [2.05, 4.69) is 229 Å². The predicted molar refractivity (Wildman–Crippen MR) is 274 cm³/mol. The second-order valence-electron chi connectivity index (χ2n) is 19.7. The normalized spacial score (nSPS) is 21.1. The standard InChI is InChI=1S/C63H52N2/c1-42-33-51-34-52-40-63(39-42,41-60(51)52)53-27-21-44(22-28-53)45-23-29-54(30-24-45)64(56-17-9-15-47(35-56)43-11-3-2-4-12-43)55-31-25-46(26-32-55)48-16-10-18-57(36-48)65-61-20-8-7-19-58(61)59-37-49-13-5-6-14-50(49)38-62(59)65/h2-32,35-38,42,51-52,60H,33-34,39-41H2,1H3/t42-,51-,52-,60?,63?/m0/s1. The first-order valence-electron chi connectivity index (χ1n) is 23.8. The molecule has 9 aromatic carbocycles. The molecule has 3 aliphatic carbocycles. The summed E-state index contributed by atoms with van der Waals surface area (Å²) >= 11 is 0. The van der Waals surface area contributed by atoms with Gasteiger partial charge in [0.15, 0.2) is 0 Å². The molecule has 5 atom stereocenters. The molecule has 0 amide bonds. The van der Waals surface area contributed by atoms with Crippen LogP contribution in [0, 0.1) is 23.7 Å². The highest BCUT2D eigenvalue weighted by Gasteiger charge is 2.57. The van der Waals surface area contributed by atoms with Crippen LogP contribution in [0.4, 0.5) is 17.1 Å². The lowest BCUT2D eigenvalue weighted by Crippen LogP contribution is -2.34. The van der Waals surface area contributed by atoms with Crippen LogP contribution in [0.2, 0.25) is 0 Å². The molecular formula is C63H52N2. The van der Waals surface area contributed by atoms with Crippen molar-refractivity contribution in [3.8, 4) is 39.1 Å². The number of nitrogens with zero attached hydrogens (tertiary/aromatic N) is 2. The van der Waals surface area contributed by atoms with E-state index in [1.165, 1.54) is 98.1 Å². The third-order valence-electron chi connectivity index (χ3n) is 15.8. The van der Waals surface area contributed by atoms with Crippen LogP contribution in [0.3, 0.4) is 0 Å². The summed E-state index contributed by atoms with van der Waals surface area (Å²) in [6.07, 6.45) is 7.11. The predicted octanol–water partition coefficient (Wildman–Crippen LogP) is 17.1. The maximum absolute atomic E-state index is 2.51. The molecule has 10 aromatic rings. The van der Waals surface area contributed by atoms with E-state index in [1.807, 2.05) is 0 Å². The Bertz CT molecular complexity index is 3380. The number of hydrogen-bond acceptors (Lipinski definition) is 1. The molecule has 2 unspecified atom stereocenters. The van der Waals surface area contributed by atoms with Crippen molar-refractivity contribution in [1.29, 1.82) is 0 Å². The van der Waals surface area contributed by atoms with Crippen LogP contribution >= 0.6 is 0 Å². The maximum atomic E-state index is 2.51. The fourth-order valence-corrected chi connectivity index (χ4v) is 12.9. The van der Waals surface area contributed by atoms with Gasteiger partial charge >= 0.3 is 0 Å². The van der Waals surface area contributed by atoms with Gasteiger partial charge in [0.25, 0.3) is 0 Å². The van der Waals surface area contributed by atoms with E-state index in [4.69, 9.17) is 0 Å². The number of anilines is 3. The summed E-state index contributed by atoms with van der Waals surface area (Å²) in [5.74, 6) is 3.77. The second kappa shape index (κ2) is 15.2. The molecule has 2 bridgehead atoms. The number of aromatic nitrogens is 1. The van der Waals surface area contributed by atoms with E-state index < -0.39 is 0 Å². The SMILES string of the molecule is C[C@H]1C[C@H]2C[C@H]3CC(c4ccc(-c5ccc(N(c6ccc(-c7cccc(-n8c9ccccc9c9cc%10ccccc%10cc98)c7)cc6)c6cccc(-c7ccccc7)c6)cc5)cc4)(CC23)C1. The molecule has 0 radical (unpaired) electrons. The van der Waals surface area contributed by atoms with Crippen LogP contribution in [0.25, 0.3) is 71.6 Å². The molecule has 3 saturated carbocycles. The lowest BCUT2D eigenvalue weighted by atomic mass is 9.63. The number of para-hydroxylation sites is 1. The average Bonchev–Trinajstić information content (AvgIpc) is 3.80. The monoisotopic (exact) mass is 836 g/mol. The Morgan fingerprint density at radius 3 is 1.77 bits per heavy atom. The minimum absolute atomic E-state index is 0.387. The summed E-state index contributed by atoms with van der Waals surface area (Å²) in [5, 5.41) is 5.06. The zero-order valence-electron chi connectivity index (χ0n) is 36.9. The highest BCUT2D eigenvalue weighted by molar-refractivity contribution is 6.13. The van der Waals surface area contributed by atoms with Gasteiger partial charge in [-0.1, -0.05) is 153 Å². The molecule has 1 aromatic heterocycles. The first kappa shape index (κ1) is 38.3. The fraction of sp³-hybridized carbons (Fsp3) is 0.175. The van der Waals surface area contributed by atoms with Gasteiger partial charge in [-0.3, -0.25) is 0 Å². The van der Waals surface area contributed by atoms with Crippen molar-refractivity contribution >= 4 is 49.6 Å². The number of benzene rings is 9. The average molecular weight is 837 g/mol. The Morgan fingerprint density at radius 2 is 1.02 bits per heavy atom. The molecular weight excluding hydrogens is 785 g/mol. The Kier molecular flexibility index (Phi) is 8.98. The molecule has 314 valence electrons. The molecule has 13 rings (SSSR count). The Balaban J connectivity index is 0.842. The lowest BCUT2D eigenvalue weighted by molar-refractivity contribution is 0.0780. The van der Waals surface area contributed by atoms with Crippen LogP contribution in [0.1, 0.15) is 44.6 Å². The smallest absolute Gasteiger partial charge is 0.0547 e. The van der Waals surface area contributed by atoms with Gasteiger partial charge in [-0.25, -0.2) is 0 Å².